The molecular weight excluding hydrogens is 184 g/mol. The number of nitrogens with two attached hydrogens (primary N) is 1. The van der Waals surface area contributed by atoms with Crippen LogP contribution >= 0.6 is 0 Å². The second kappa shape index (κ2) is 3.32. The minimum Gasteiger partial charge on any atom is -0.455 e. The zero-order chi connectivity index (χ0) is 10.9. The maximum atomic E-state index is 11.5. The van der Waals surface area contributed by atoms with E-state index in [4.69, 9.17) is 10.5 Å². The Hall–Kier alpha value is -1.52. The first-order valence-electron chi connectivity index (χ1n) is 4.26. The van der Waals surface area contributed by atoms with E-state index in [1.807, 2.05) is 0 Å². The lowest BCUT2D eigenvalue weighted by molar-refractivity contribution is 0.00582. The number of carbonyl (C=O) groups excluding carboxylic acids is 1. The first-order valence-corrected chi connectivity index (χ1v) is 4.26. The molecule has 0 aliphatic rings. The van der Waals surface area contributed by atoms with Crippen LogP contribution in [0.25, 0.3) is 0 Å². The van der Waals surface area contributed by atoms with E-state index in [1.54, 1.807) is 27.7 Å². The Morgan fingerprint density at radius 2 is 2.07 bits per heavy atom. The summed E-state index contributed by atoms with van der Waals surface area (Å²) in [5.74, 6) is -0.374. The van der Waals surface area contributed by atoms with Crippen molar-refractivity contribution in [2.24, 2.45) is 0 Å². The Kier molecular flexibility index (Phi) is 2.51. The molecule has 1 aromatic rings. The van der Waals surface area contributed by atoms with Gasteiger partial charge in [-0.1, -0.05) is 5.16 Å². The Balaban J connectivity index is 2.86. The first-order chi connectivity index (χ1) is 6.31. The van der Waals surface area contributed by atoms with Gasteiger partial charge in [0.25, 0.3) is 0 Å². The van der Waals surface area contributed by atoms with Gasteiger partial charge in [-0.25, -0.2) is 4.79 Å². The molecule has 14 heavy (non-hydrogen) atoms. The van der Waals surface area contributed by atoms with Gasteiger partial charge in [0, 0.05) is 5.56 Å². The number of aromatic nitrogens is 1. The molecule has 0 aromatic carbocycles. The van der Waals surface area contributed by atoms with Crippen LogP contribution in [-0.2, 0) is 4.74 Å². The summed E-state index contributed by atoms with van der Waals surface area (Å²) in [5.41, 5.74) is 5.51. The van der Waals surface area contributed by atoms with Gasteiger partial charge in [-0.2, -0.15) is 0 Å². The lowest BCUT2D eigenvalue weighted by atomic mass is 10.2. The molecule has 0 unspecified atom stereocenters. The number of nitrogen functional groups attached to an aromatic ring is 1. The molecule has 78 valence electrons. The number of esters is 1. The largest absolute Gasteiger partial charge is 0.455 e. The van der Waals surface area contributed by atoms with Crippen LogP contribution in [-0.4, -0.2) is 16.7 Å². The topological polar surface area (TPSA) is 78.3 Å². The van der Waals surface area contributed by atoms with Crippen molar-refractivity contribution in [3.05, 3.63) is 11.3 Å². The predicted octanol–water partition coefficient (Wildman–Crippen LogP) is 1.52. The fourth-order valence-electron chi connectivity index (χ4n) is 0.865. The summed E-state index contributed by atoms with van der Waals surface area (Å²) in [6.07, 6.45) is 0. The number of rotatable bonds is 1. The molecule has 5 heteroatoms. The maximum Gasteiger partial charge on any atom is 0.361 e. The number of anilines is 1. The van der Waals surface area contributed by atoms with Crippen LogP contribution in [0.1, 0.15) is 36.8 Å². The highest BCUT2D eigenvalue weighted by Crippen LogP contribution is 2.18. The van der Waals surface area contributed by atoms with Gasteiger partial charge < -0.3 is 15.0 Å². The summed E-state index contributed by atoms with van der Waals surface area (Å²) in [4.78, 5) is 11.5. The van der Waals surface area contributed by atoms with Gasteiger partial charge in [0.15, 0.2) is 5.69 Å². The highest BCUT2D eigenvalue weighted by atomic mass is 16.6. The monoisotopic (exact) mass is 198 g/mol. The highest BCUT2D eigenvalue weighted by Gasteiger charge is 2.23. The molecule has 0 aliphatic heterocycles. The van der Waals surface area contributed by atoms with Crippen molar-refractivity contribution in [1.29, 1.82) is 0 Å². The van der Waals surface area contributed by atoms with Gasteiger partial charge in [0.05, 0.1) is 0 Å². The lowest BCUT2D eigenvalue weighted by Gasteiger charge is -2.18. The van der Waals surface area contributed by atoms with E-state index in [9.17, 15) is 4.79 Å². The van der Waals surface area contributed by atoms with Crippen molar-refractivity contribution >= 4 is 11.9 Å². The Morgan fingerprint density at radius 1 is 1.50 bits per heavy atom. The van der Waals surface area contributed by atoms with E-state index < -0.39 is 11.6 Å². The van der Waals surface area contributed by atoms with Crippen LogP contribution in [0, 0.1) is 6.92 Å². The van der Waals surface area contributed by atoms with E-state index in [2.05, 4.69) is 9.68 Å². The van der Waals surface area contributed by atoms with Crippen LogP contribution < -0.4 is 5.73 Å². The predicted molar refractivity (Wildman–Crippen MR) is 50.8 cm³/mol. The van der Waals surface area contributed by atoms with Crippen LogP contribution in [0.3, 0.4) is 0 Å². The van der Waals surface area contributed by atoms with Gasteiger partial charge in [-0.3, -0.25) is 0 Å². The minimum absolute atomic E-state index is 0.137. The van der Waals surface area contributed by atoms with Crippen LogP contribution in [0.4, 0.5) is 5.88 Å². The van der Waals surface area contributed by atoms with Crippen molar-refractivity contribution in [2.75, 3.05) is 5.73 Å². The van der Waals surface area contributed by atoms with Gasteiger partial charge in [0.1, 0.15) is 5.60 Å². The second-order valence-corrected chi connectivity index (χ2v) is 4.02. The first kappa shape index (κ1) is 10.6. The lowest BCUT2D eigenvalue weighted by Crippen LogP contribution is -2.24. The molecule has 0 saturated carbocycles. The van der Waals surface area contributed by atoms with Crippen LogP contribution in [0.5, 0.6) is 0 Å². The van der Waals surface area contributed by atoms with E-state index in [0.29, 0.717) is 5.56 Å². The molecule has 0 saturated heterocycles. The number of ether oxygens (including phenoxy) is 1. The van der Waals surface area contributed by atoms with Gasteiger partial charge in [-0.05, 0) is 27.7 Å². The Labute approximate surface area is 82.2 Å². The standard InChI is InChI=1S/C9H14N2O3/c1-5-6(11-14-7(5)10)8(12)13-9(2,3)4/h10H2,1-4H3. The Morgan fingerprint density at radius 3 is 2.43 bits per heavy atom. The summed E-state index contributed by atoms with van der Waals surface area (Å²) in [7, 11) is 0. The van der Waals surface area contributed by atoms with E-state index in [-0.39, 0.29) is 11.6 Å². The van der Waals surface area contributed by atoms with E-state index >= 15 is 0 Å². The molecule has 1 rings (SSSR count). The van der Waals surface area contributed by atoms with E-state index in [0.717, 1.165) is 0 Å². The third kappa shape index (κ3) is 2.25. The van der Waals surface area contributed by atoms with Crippen molar-refractivity contribution < 1.29 is 14.1 Å². The van der Waals surface area contributed by atoms with Gasteiger partial charge in [0.2, 0.25) is 5.88 Å². The number of hydrogen-bond donors (Lipinski definition) is 1. The van der Waals surface area contributed by atoms with Crippen molar-refractivity contribution in [1.82, 2.24) is 5.16 Å². The zero-order valence-electron chi connectivity index (χ0n) is 8.75. The van der Waals surface area contributed by atoms with Gasteiger partial charge in [-0.15, -0.1) is 0 Å². The number of carbonyl (C=O) groups is 1. The number of nitrogens with zero attached hydrogens (tertiary/aromatic N) is 1. The van der Waals surface area contributed by atoms with Crippen LogP contribution in [0.2, 0.25) is 0 Å². The third-order valence-electron chi connectivity index (χ3n) is 1.55. The summed E-state index contributed by atoms with van der Waals surface area (Å²) in [5, 5.41) is 3.52. The highest BCUT2D eigenvalue weighted by molar-refractivity contribution is 5.90. The van der Waals surface area contributed by atoms with Crippen molar-refractivity contribution in [2.45, 2.75) is 33.3 Å². The molecule has 1 aromatic heterocycles. The molecule has 0 aliphatic carbocycles. The molecule has 5 nitrogen and oxygen atoms in total. The fourth-order valence-corrected chi connectivity index (χ4v) is 0.865. The van der Waals surface area contributed by atoms with E-state index in [1.165, 1.54) is 0 Å². The summed E-state index contributed by atoms with van der Waals surface area (Å²) in [6.45, 7) is 7.00. The van der Waals surface area contributed by atoms with Crippen LogP contribution in [0.15, 0.2) is 4.52 Å². The second-order valence-electron chi connectivity index (χ2n) is 4.02. The molecule has 0 radical (unpaired) electrons. The molecule has 1 heterocycles. The molecule has 0 atom stereocenters. The Bertz CT molecular complexity index is 349. The number of hydrogen-bond acceptors (Lipinski definition) is 5. The molecule has 0 bridgehead atoms. The van der Waals surface area contributed by atoms with Crippen molar-refractivity contribution in [3.63, 3.8) is 0 Å². The zero-order valence-corrected chi connectivity index (χ0v) is 8.75. The third-order valence-corrected chi connectivity index (χ3v) is 1.55. The summed E-state index contributed by atoms with van der Waals surface area (Å²) >= 11 is 0. The molecule has 2 N–H and O–H groups in total. The van der Waals surface area contributed by atoms with Crippen molar-refractivity contribution in [3.8, 4) is 0 Å². The average molecular weight is 198 g/mol. The maximum absolute atomic E-state index is 11.5. The average Bonchev–Trinajstić information content (AvgIpc) is 2.29. The fraction of sp³-hybridized carbons (Fsp3) is 0.556. The SMILES string of the molecule is Cc1c(C(=O)OC(C)(C)C)noc1N. The molecule has 0 amide bonds. The molecule has 0 fully saturated rings. The molecular formula is C9H14N2O3. The minimum atomic E-state index is -0.544. The molecule has 0 spiro atoms. The smallest absolute Gasteiger partial charge is 0.361 e. The quantitative estimate of drug-likeness (QED) is 0.692. The normalized spacial score (nSPS) is 11.4. The summed E-state index contributed by atoms with van der Waals surface area (Å²) < 4.78 is 9.76. The summed E-state index contributed by atoms with van der Waals surface area (Å²) in [6, 6.07) is 0. The van der Waals surface area contributed by atoms with Gasteiger partial charge >= 0.3 is 5.97 Å².